The lowest BCUT2D eigenvalue weighted by Crippen LogP contribution is -2.23. The van der Waals surface area contributed by atoms with Crippen molar-refractivity contribution in [3.63, 3.8) is 0 Å². The summed E-state index contributed by atoms with van der Waals surface area (Å²) in [6.07, 6.45) is 5.67. The van der Waals surface area contributed by atoms with Crippen LogP contribution in [-0.4, -0.2) is 34.9 Å². The lowest BCUT2D eigenvalue weighted by Gasteiger charge is -2.17. The molecule has 2 heterocycles. The van der Waals surface area contributed by atoms with E-state index >= 15 is 0 Å². The van der Waals surface area contributed by atoms with E-state index in [2.05, 4.69) is 66.8 Å². The van der Waals surface area contributed by atoms with Crippen LogP contribution in [-0.2, 0) is 4.79 Å². The van der Waals surface area contributed by atoms with Gasteiger partial charge in [0.05, 0.1) is 5.57 Å². The molecule has 0 unspecified atom stereocenters. The number of carbonyl (C=O) groups is 1. The van der Waals surface area contributed by atoms with Gasteiger partial charge in [0.1, 0.15) is 0 Å². The van der Waals surface area contributed by atoms with Gasteiger partial charge in [-0.25, -0.2) is 0 Å². The van der Waals surface area contributed by atoms with Crippen molar-refractivity contribution in [1.82, 2.24) is 14.9 Å². The predicted octanol–water partition coefficient (Wildman–Crippen LogP) is 6.48. The van der Waals surface area contributed by atoms with Crippen molar-refractivity contribution >= 4 is 38.9 Å². The molecule has 0 aliphatic heterocycles. The van der Waals surface area contributed by atoms with Crippen LogP contribution in [0.3, 0.4) is 0 Å². The number of carbonyl (C=O) groups excluding carboxylic acids is 1. The summed E-state index contributed by atoms with van der Waals surface area (Å²) >= 11 is 0. The summed E-state index contributed by atoms with van der Waals surface area (Å²) in [7, 11) is 3.56. The van der Waals surface area contributed by atoms with E-state index in [4.69, 9.17) is 0 Å². The summed E-state index contributed by atoms with van der Waals surface area (Å²) in [5.41, 5.74) is 7.70. The number of hydrogen-bond donors (Lipinski definition) is 2. The van der Waals surface area contributed by atoms with E-state index in [1.807, 2.05) is 26.2 Å². The molecule has 0 fully saturated rings. The van der Waals surface area contributed by atoms with Crippen molar-refractivity contribution in [1.29, 1.82) is 0 Å². The second-order valence-electron chi connectivity index (χ2n) is 7.70. The first kappa shape index (κ1) is 22.2. The molecule has 0 spiro atoms. The van der Waals surface area contributed by atoms with Gasteiger partial charge in [-0.3, -0.25) is 4.79 Å². The summed E-state index contributed by atoms with van der Waals surface area (Å²) in [5.74, 6) is -0.0516. The highest BCUT2D eigenvalue weighted by molar-refractivity contribution is 6.31. The average Bonchev–Trinajstić information content (AvgIpc) is 3.36. The molecule has 160 valence electrons. The summed E-state index contributed by atoms with van der Waals surface area (Å²) in [4.78, 5) is 21.6. The number of aryl methyl sites for hydroxylation is 2. The van der Waals surface area contributed by atoms with Crippen LogP contribution >= 0.6 is 0 Å². The van der Waals surface area contributed by atoms with E-state index in [0.717, 1.165) is 44.1 Å². The number of rotatable bonds is 4. The highest BCUT2D eigenvalue weighted by Gasteiger charge is 2.23. The molecular weight excluding hydrogens is 382 g/mol. The molecule has 2 aromatic heterocycles. The van der Waals surface area contributed by atoms with E-state index in [1.54, 1.807) is 25.1 Å². The van der Waals surface area contributed by atoms with Crippen LogP contribution in [0.2, 0.25) is 0 Å². The third kappa shape index (κ3) is 4.06. The number of allylic oxidation sites excluding steroid dienone is 2. The van der Waals surface area contributed by atoms with Crippen LogP contribution in [0.15, 0.2) is 61.4 Å². The molecule has 0 radical (unpaired) electrons. The van der Waals surface area contributed by atoms with Gasteiger partial charge in [0.15, 0.2) is 0 Å². The molecule has 1 amide bonds. The van der Waals surface area contributed by atoms with E-state index in [1.165, 1.54) is 5.56 Å². The number of aromatic amines is 2. The number of nitrogens with zero attached hydrogens (tertiary/aromatic N) is 1. The summed E-state index contributed by atoms with van der Waals surface area (Å²) < 4.78 is 0. The third-order valence-electron chi connectivity index (χ3n) is 5.33. The maximum absolute atomic E-state index is 13.4. The lowest BCUT2D eigenvalue weighted by molar-refractivity contribution is -0.122. The first-order valence-electron chi connectivity index (χ1n) is 10.6. The number of H-pyrrole nitrogens is 2. The fourth-order valence-electron chi connectivity index (χ4n) is 3.84. The Bertz CT molecular complexity index is 1280. The zero-order valence-corrected chi connectivity index (χ0v) is 19.3. The number of fused-ring (bicyclic) bond motifs is 2. The van der Waals surface area contributed by atoms with Gasteiger partial charge in [-0.1, -0.05) is 49.8 Å². The second kappa shape index (κ2) is 9.09. The van der Waals surface area contributed by atoms with Gasteiger partial charge in [-0.15, -0.1) is 0 Å². The first-order valence-corrected chi connectivity index (χ1v) is 10.6. The van der Waals surface area contributed by atoms with Crippen molar-refractivity contribution in [3.8, 4) is 0 Å². The monoisotopic (exact) mass is 413 g/mol. The molecule has 4 rings (SSSR count). The van der Waals surface area contributed by atoms with Crippen LogP contribution in [0, 0.1) is 13.8 Å². The number of amides is 1. The molecule has 0 saturated heterocycles. The van der Waals surface area contributed by atoms with Gasteiger partial charge in [0.25, 0.3) is 5.91 Å². The lowest BCUT2D eigenvalue weighted by atomic mass is 9.92. The minimum absolute atomic E-state index is 0.0516. The molecule has 4 heteroatoms. The van der Waals surface area contributed by atoms with Crippen molar-refractivity contribution in [2.24, 2.45) is 0 Å². The van der Waals surface area contributed by atoms with Crippen LogP contribution in [0.5, 0.6) is 0 Å². The van der Waals surface area contributed by atoms with Crippen molar-refractivity contribution in [3.05, 3.63) is 83.7 Å². The van der Waals surface area contributed by atoms with Gasteiger partial charge in [0, 0.05) is 59.4 Å². The summed E-state index contributed by atoms with van der Waals surface area (Å²) in [6, 6.07) is 12.5. The van der Waals surface area contributed by atoms with Crippen LogP contribution in [0.1, 0.15) is 36.1 Å². The molecule has 4 aromatic rings. The number of hydrogen-bond acceptors (Lipinski definition) is 1. The second-order valence-corrected chi connectivity index (χ2v) is 7.70. The van der Waals surface area contributed by atoms with E-state index in [-0.39, 0.29) is 5.91 Å². The Morgan fingerprint density at radius 3 is 1.84 bits per heavy atom. The fourth-order valence-corrected chi connectivity index (χ4v) is 3.84. The van der Waals surface area contributed by atoms with Crippen molar-refractivity contribution in [2.45, 2.75) is 27.7 Å². The minimum Gasteiger partial charge on any atom is -0.361 e. The SMILES string of the molecule is C=C/C(=C(\C(=O)N(C)C)c1c[nH]c2ccc(C)cc12)c1c[nH]c2ccc(C)cc12.CC. The summed E-state index contributed by atoms with van der Waals surface area (Å²) in [5, 5.41) is 2.12. The van der Waals surface area contributed by atoms with E-state index < -0.39 is 0 Å². The van der Waals surface area contributed by atoms with Gasteiger partial charge in [-0.2, -0.15) is 0 Å². The number of aromatic nitrogens is 2. The Kier molecular flexibility index (Phi) is 6.50. The third-order valence-corrected chi connectivity index (χ3v) is 5.33. The molecule has 0 saturated carbocycles. The average molecular weight is 414 g/mol. The molecule has 2 aromatic carbocycles. The van der Waals surface area contributed by atoms with Crippen LogP contribution < -0.4 is 0 Å². The predicted molar refractivity (Wildman–Crippen MR) is 133 cm³/mol. The number of nitrogens with one attached hydrogen (secondary N) is 2. The van der Waals surface area contributed by atoms with Gasteiger partial charge in [0.2, 0.25) is 0 Å². The highest BCUT2D eigenvalue weighted by Crippen LogP contribution is 2.36. The Morgan fingerprint density at radius 2 is 1.35 bits per heavy atom. The quantitative estimate of drug-likeness (QED) is 0.292. The summed E-state index contributed by atoms with van der Waals surface area (Å²) in [6.45, 7) is 12.2. The molecule has 31 heavy (non-hydrogen) atoms. The molecule has 2 N–H and O–H groups in total. The van der Waals surface area contributed by atoms with E-state index in [9.17, 15) is 4.79 Å². The number of likely N-dealkylation sites (N-methyl/N-ethyl adjacent to an activating group) is 1. The van der Waals surface area contributed by atoms with Crippen molar-refractivity contribution < 1.29 is 4.79 Å². The van der Waals surface area contributed by atoms with E-state index in [0.29, 0.717) is 5.57 Å². The first-order chi connectivity index (χ1) is 14.9. The zero-order chi connectivity index (χ0) is 22.7. The Labute approximate surface area is 184 Å². The minimum atomic E-state index is -0.0516. The maximum atomic E-state index is 13.4. The highest BCUT2D eigenvalue weighted by atomic mass is 16.2. The zero-order valence-electron chi connectivity index (χ0n) is 19.3. The van der Waals surface area contributed by atoms with Gasteiger partial charge < -0.3 is 14.9 Å². The Balaban J connectivity index is 0.00000132. The molecule has 0 aliphatic rings. The van der Waals surface area contributed by atoms with Crippen molar-refractivity contribution in [2.75, 3.05) is 14.1 Å². The topological polar surface area (TPSA) is 51.9 Å². The standard InChI is InChI=1S/C25H25N3O.C2H6/c1-6-17(20-13-26-22-9-7-15(2)11-18(20)22)24(25(29)28(4)5)21-14-27-23-10-8-16(3)12-19(21)23;1-2/h6-14,26-27H,1H2,2-5H3;1-2H3/b24-17+;. The molecule has 0 bridgehead atoms. The molecule has 4 nitrogen and oxygen atoms in total. The molecule has 0 atom stereocenters. The largest absolute Gasteiger partial charge is 0.361 e. The van der Waals surface area contributed by atoms with Crippen LogP contribution in [0.25, 0.3) is 33.0 Å². The molecular formula is C27H31N3O. The number of benzene rings is 2. The van der Waals surface area contributed by atoms with Gasteiger partial charge in [-0.05, 0) is 43.7 Å². The van der Waals surface area contributed by atoms with Gasteiger partial charge >= 0.3 is 0 Å². The Hall–Kier alpha value is -3.53. The van der Waals surface area contributed by atoms with Crippen LogP contribution in [0.4, 0.5) is 0 Å². The normalized spacial score (nSPS) is 11.7. The fraction of sp³-hybridized carbons (Fsp3) is 0.222. The smallest absolute Gasteiger partial charge is 0.254 e. The Morgan fingerprint density at radius 1 is 0.871 bits per heavy atom. The maximum Gasteiger partial charge on any atom is 0.254 e. The molecule has 0 aliphatic carbocycles.